The fraction of sp³-hybridized carbons (Fsp3) is 0.571. The molecule has 0 N–H and O–H groups in total. The highest BCUT2D eigenvalue weighted by atomic mass is 31.2. The lowest BCUT2D eigenvalue weighted by molar-refractivity contribution is -0.432. The Balaban J connectivity index is 0.000000336. The van der Waals surface area contributed by atoms with Gasteiger partial charge in [-0.15, -0.1) is 0 Å². The van der Waals surface area contributed by atoms with Crippen LogP contribution in [0.25, 0.3) is 0 Å². The summed E-state index contributed by atoms with van der Waals surface area (Å²) in [7, 11) is -5.39. The van der Waals surface area contributed by atoms with Crippen LogP contribution in [0.1, 0.15) is 6.92 Å². The van der Waals surface area contributed by atoms with Crippen molar-refractivity contribution in [2.24, 2.45) is 0 Å². The van der Waals surface area contributed by atoms with Crippen LogP contribution >= 0.6 is 7.82 Å². The zero-order valence-electron chi connectivity index (χ0n) is 8.00. The Kier molecular flexibility index (Phi) is 5.71. The Labute approximate surface area is 86.6 Å². The number of hydrogen-bond donors (Lipinski definition) is 0. The van der Waals surface area contributed by atoms with Gasteiger partial charge in [-0.2, -0.15) is 7.82 Å². The predicted octanol–water partition coefficient (Wildman–Crippen LogP) is -2.32. The van der Waals surface area contributed by atoms with Crippen LogP contribution in [0.15, 0.2) is 12.2 Å². The van der Waals surface area contributed by atoms with Crippen molar-refractivity contribution >= 4 is 13.8 Å². The zero-order valence-corrected chi connectivity index (χ0v) is 8.90. The molecule has 0 spiro atoms. The number of phosphoric acid groups is 1. The second kappa shape index (κ2) is 5.99. The third kappa shape index (κ3) is 13.3. The van der Waals surface area contributed by atoms with Crippen molar-refractivity contribution in [1.82, 2.24) is 0 Å². The molecule has 0 bridgehead atoms. The number of hydrogen-bond acceptors (Lipinski definition) is 7. The lowest BCUT2D eigenvalue weighted by Gasteiger charge is -2.36. The van der Waals surface area contributed by atoms with Crippen molar-refractivity contribution in [2.45, 2.75) is 13.0 Å². The molecule has 8 heteroatoms. The molecule has 0 saturated carbocycles. The molecule has 1 rings (SSSR count). The number of carbonyl (C=O) groups excluding carboxylic acids is 1. The maximum Gasteiger partial charge on any atom is 0.333 e. The first kappa shape index (κ1) is 14.3. The van der Waals surface area contributed by atoms with E-state index in [-0.39, 0.29) is 12.1 Å². The highest BCUT2D eigenvalue weighted by Crippen LogP contribution is 2.09. The highest BCUT2D eigenvalue weighted by Gasteiger charge is 2.24. The number of carbonyl (C=O) groups is 1. The summed E-state index contributed by atoms with van der Waals surface area (Å²) >= 11 is 0. The standard InChI is InChI=1S/C7H10O3.H3O4P/c1-5(2)7(8)10-4-6-3-9-6;1-5(2,3)4/h6H,1,3-4H2,2H3;(H3,1,2,3,4)/p-3. The van der Waals surface area contributed by atoms with Gasteiger partial charge in [-0.1, -0.05) is 6.58 Å². The van der Waals surface area contributed by atoms with Crippen molar-refractivity contribution in [3.05, 3.63) is 12.2 Å². The zero-order chi connectivity index (χ0) is 12.1. The molecule has 0 aliphatic carbocycles. The monoisotopic (exact) mass is 237 g/mol. The van der Waals surface area contributed by atoms with Crippen LogP contribution in [-0.4, -0.2) is 25.3 Å². The fourth-order valence-corrected chi connectivity index (χ4v) is 0.456. The van der Waals surface area contributed by atoms with Crippen molar-refractivity contribution in [1.29, 1.82) is 0 Å². The quantitative estimate of drug-likeness (QED) is 0.233. The van der Waals surface area contributed by atoms with Gasteiger partial charge in [0.1, 0.15) is 12.7 Å². The van der Waals surface area contributed by atoms with Crippen LogP contribution in [-0.2, 0) is 18.8 Å². The Morgan fingerprint density at radius 1 is 1.60 bits per heavy atom. The molecule has 15 heavy (non-hydrogen) atoms. The van der Waals surface area contributed by atoms with Crippen LogP contribution in [0.2, 0.25) is 0 Å². The molecular formula is C7H10O7P-3. The number of epoxide rings is 1. The van der Waals surface area contributed by atoms with Gasteiger partial charge in [0.05, 0.1) is 6.61 Å². The molecule has 1 atom stereocenters. The fourth-order valence-electron chi connectivity index (χ4n) is 0.456. The smallest absolute Gasteiger partial charge is 0.333 e. The van der Waals surface area contributed by atoms with E-state index in [2.05, 4.69) is 6.58 Å². The number of esters is 1. The van der Waals surface area contributed by atoms with E-state index in [4.69, 9.17) is 28.7 Å². The Morgan fingerprint density at radius 3 is 2.27 bits per heavy atom. The van der Waals surface area contributed by atoms with Crippen molar-refractivity contribution in [2.75, 3.05) is 13.2 Å². The summed E-state index contributed by atoms with van der Waals surface area (Å²) < 4.78 is 18.1. The summed E-state index contributed by atoms with van der Waals surface area (Å²) in [5.74, 6) is -0.337. The molecule has 0 radical (unpaired) electrons. The first-order valence-corrected chi connectivity index (χ1v) is 5.33. The maximum atomic E-state index is 10.7. The first-order chi connectivity index (χ1) is 6.70. The van der Waals surface area contributed by atoms with Crippen LogP contribution in [0, 0.1) is 0 Å². The molecule has 1 heterocycles. The van der Waals surface area contributed by atoms with Gasteiger partial charge in [0, 0.05) is 5.57 Å². The first-order valence-electron chi connectivity index (χ1n) is 3.87. The molecule has 1 aliphatic rings. The van der Waals surface area contributed by atoms with E-state index in [1.54, 1.807) is 6.92 Å². The van der Waals surface area contributed by atoms with E-state index in [1.165, 1.54) is 0 Å². The molecule has 0 amide bonds. The van der Waals surface area contributed by atoms with Crippen LogP contribution in [0.4, 0.5) is 0 Å². The highest BCUT2D eigenvalue weighted by molar-refractivity contribution is 7.40. The van der Waals surface area contributed by atoms with Gasteiger partial charge in [0.25, 0.3) is 0 Å². The van der Waals surface area contributed by atoms with Gasteiger partial charge >= 0.3 is 5.97 Å². The summed E-state index contributed by atoms with van der Waals surface area (Å²) in [5.41, 5.74) is 0.431. The number of ether oxygens (including phenoxy) is 2. The largest absolute Gasteiger partial charge is 0.822 e. The summed E-state index contributed by atoms with van der Waals surface area (Å²) in [5, 5.41) is 0. The van der Waals surface area contributed by atoms with Gasteiger partial charge < -0.3 is 28.7 Å². The van der Waals surface area contributed by atoms with Gasteiger partial charge in [0.2, 0.25) is 0 Å². The normalized spacial score (nSPS) is 18.5. The maximum absolute atomic E-state index is 10.7. The minimum absolute atomic E-state index is 0.142. The van der Waals surface area contributed by atoms with Gasteiger partial charge in [-0.05, 0) is 6.92 Å². The van der Waals surface area contributed by atoms with Crippen LogP contribution < -0.4 is 14.7 Å². The van der Waals surface area contributed by atoms with Gasteiger partial charge in [0.15, 0.2) is 0 Å². The molecule has 1 aliphatic heterocycles. The lowest BCUT2D eigenvalue weighted by atomic mass is 10.4. The molecule has 1 saturated heterocycles. The second-order valence-electron chi connectivity index (χ2n) is 2.78. The Bertz CT molecular complexity index is 269. The molecule has 88 valence electrons. The summed E-state index contributed by atoms with van der Waals surface area (Å²) in [6.07, 6.45) is 0.142. The lowest BCUT2D eigenvalue weighted by Crippen LogP contribution is -2.24. The molecule has 7 nitrogen and oxygen atoms in total. The number of rotatable bonds is 3. The van der Waals surface area contributed by atoms with Gasteiger partial charge in [-0.3, -0.25) is 0 Å². The van der Waals surface area contributed by atoms with Gasteiger partial charge in [-0.25, -0.2) is 4.79 Å². The molecule has 0 aromatic rings. The average molecular weight is 237 g/mol. The topological polar surface area (TPSA) is 125 Å². The molecular weight excluding hydrogens is 227 g/mol. The SMILES string of the molecule is C=C(C)C(=O)OCC1CO1.O=P([O-])([O-])[O-]. The van der Waals surface area contributed by atoms with E-state index < -0.39 is 7.82 Å². The Hall–Kier alpha value is -0.720. The van der Waals surface area contributed by atoms with Crippen molar-refractivity contribution in [3.8, 4) is 0 Å². The minimum Gasteiger partial charge on any atom is -0.822 e. The third-order valence-electron chi connectivity index (χ3n) is 1.15. The average Bonchev–Trinajstić information content (AvgIpc) is 2.79. The van der Waals surface area contributed by atoms with E-state index >= 15 is 0 Å². The summed E-state index contributed by atoms with van der Waals surface area (Å²) in [6, 6.07) is 0. The summed E-state index contributed by atoms with van der Waals surface area (Å²) in [6.45, 7) is 6.14. The van der Waals surface area contributed by atoms with E-state index in [0.29, 0.717) is 18.8 Å². The molecule has 1 fully saturated rings. The molecule has 0 aromatic heterocycles. The summed E-state index contributed by atoms with van der Waals surface area (Å²) in [4.78, 5) is 36.3. The van der Waals surface area contributed by atoms with E-state index in [9.17, 15) is 4.79 Å². The molecule has 1 unspecified atom stereocenters. The minimum atomic E-state index is -5.39. The molecule has 0 aromatic carbocycles. The van der Waals surface area contributed by atoms with Crippen LogP contribution in [0.5, 0.6) is 0 Å². The van der Waals surface area contributed by atoms with E-state index in [1.807, 2.05) is 0 Å². The van der Waals surface area contributed by atoms with Crippen LogP contribution in [0.3, 0.4) is 0 Å². The van der Waals surface area contributed by atoms with Crippen molar-refractivity contribution in [3.63, 3.8) is 0 Å². The van der Waals surface area contributed by atoms with Crippen molar-refractivity contribution < 1.29 is 33.5 Å². The second-order valence-corrected chi connectivity index (χ2v) is 3.68. The third-order valence-corrected chi connectivity index (χ3v) is 1.15. The Morgan fingerprint density at radius 2 is 2.00 bits per heavy atom. The predicted molar refractivity (Wildman–Crippen MR) is 43.1 cm³/mol. The van der Waals surface area contributed by atoms with E-state index in [0.717, 1.165) is 0 Å².